The zero-order valence-corrected chi connectivity index (χ0v) is 18.8. The summed E-state index contributed by atoms with van der Waals surface area (Å²) in [5, 5.41) is 3.02. The third kappa shape index (κ3) is 6.61. The first kappa shape index (κ1) is 23.5. The van der Waals surface area contributed by atoms with Crippen molar-refractivity contribution in [3.8, 4) is 5.75 Å². The third-order valence-electron chi connectivity index (χ3n) is 5.28. The van der Waals surface area contributed by atoms with Crippen molar-refractivity contribution in [2.24, 2.45) is 0 Å². The number of aryl methyl sites for hydroxylation is 2. The molecular weight excluding hydrogens is 376 g/mol. The van der Waals surface area contributed by atoms with Gasteiger partial charge in [-0.1, -0.05) is 56.3 Å². The van der Waals surface area contributed by atoms with Gasteiger partial charge in [0.1, 0.15) is 11.8 Å². The Balaban J connectivity index is 2.21. The van der Waals surface area contributed by atoms with Crippen LogP contribution in [0.2, 0.25) is 0 Å². The van der Waals surface area contributed by atoms with Crippen molar-refractivity contribution in [1.29, 1.82) is 0 Å². The van der Waals surface area contributed by atoms with Crippen molar-refractivity contribution in [3.05, 3.63) is 65.2 Å². The molecule has 1 N–H and O–H groups in total. The Morgan fingerprint density at radius 2 is 1.73 bits per heavy atom. The van der Waals surface area contributed by atoms with Crippen LogP contribution in [-0.2, 0) is 16.1 Å². The fraction of sp³-hybridized carbons (Fsp3) is 0.440. The van der Waals surface area contributed by atoms with E-state index in [1.807, 2.05) is 83.1 Å². The van der Waals surface area contributed by atoms with Crippen LogP contribution >= 0.6 is 0 Å². The van der Waals surface area contributed by atoms with Gasteiger partial charge in [-0.25, -0.2) is 0 Å². The van der Waals surface area contributed by atoms with E-state index in [4.69, 9.17) is 4.74 Å². The van der Waals surface area contributed by atoms with Crippen molar-refractivity contribution >= 4 is 11.8 Å². The zero-order chi connectivity index (χ0) is 22.1. The Bertz CT molecular complexity index is 836. The molecular formula is C25H34N2O3. The molecule has 2 rings (SSSR count). The summed E-state index contributed by atoms with van der Waals surface area (Å²) >= 11 is 0. The summed E-state index contributed by atoms with van der Waals surface area (Å²) in [6.07, 6.45) is 1.37. The molecule has 0 saturated carbocycles. The highest BCUT2D eigenvalue weighted by molar-refractivity contribution is 5.88. The second-order valence-electron chi connectivity index (χ2n) is 7.81. The van der Waals surface area contributed by atoms with Crippen LogP contribution < -0.4 is 10.1 Å². The lowest BCUT2D eigenvalue weighted by Gasteiger charge is -2.31. The van der Waals surface area contributed by atoms with Crippen LogP contribution in [0.1, 0.15) is 50.3 Å². The summed E-state index contributed by atoms with van der Waals surface area (Å²) in [6, 6.07) is 15.2. The molecule has 2 aromatic carbocycles. The molecule has 0 unspecified atom stereocenters. The predicted octanol–water partition coefficient (Wildman–Crippen LogP) is 4.40. The van der Waals surface area contributed by atoms with E-state index in [2.05, 4.69) is 5.32 Å². The predicted molar refractivity (Wildman–Crippen MR) is 120 cm³/mol. The smallest absolute Gasteiger partial charge is 0.261 e. The number of carbonyl (C=O) groups excluding carboxylic acids is 2. The van der Waals surface area contributed by atoms with Gasteiger partial charge in [0, 0.05) is 12.6 Å². The van der Waals surface area contributed by atoms with E-state index in [9.17, 15) is 9.59 Å². The quantitative estimate of drug-likeness (QED) is 0.631. The number of hydrogen-bond acceptors (Lipinski definition) is 3. The van der Waals surface area contributed by atoms with Gasteiger partial charge in [-0.15, -0.1) is 0 Å². The summed E-state index contributed by atoms with van der Waals surface area (Å²) in [5.74, 6) is 0.369. The minimum Gasteiger partial charge on any atom is -0.483 e. The molecule has 0 radical (unpaired) electrons. The number of rotatable bonds is 10. The Morgan fingerprint density at radius 3 is 2.37 bits per heavy atom. The van der Waals surface area contributed by atoms with E-state index in [-0.39, 0.29) is 24.5 Å². The molecule has 30 heavy (non-hydrogen) atoms. The van der Waals surface area contributed by atoms with Gasteiger partial charge in [-0.05, 0) is 56.4 Å². The number of carbonyl (C=O) groups is 2. The number of benzene rings is 2. The molecule has 162 valence electrons. The molecule has 2 amide bonds. The van der Waals surface area contributed by atoms with Gasteiger partial charge < -0.3 is 15.0 Å². The lowest BCUT2D eigenvalue weighted by atomic mass is 10.1. The van der Waals surface area contributed by atoms with Crippen molar-refractivity contribution in [3.63, 3.8) is 0 Å². The Hall–Kier alpha value is -2.82. The van der Waals surface area contributed by atoms with E-state index in [0.717, 1.165) is 23.1 Å². The van der Waals surface area contributed by atoms with Gasteiger partial charge in [-0.2, -0.15) is 0 Å². The second kappa shape index (κ2) is 11.4. The van der Waals surface area contributed by atoms with Crippen molar-refractivity contribution < 1.29 is 14.3 Å². The van der Waals surface area contributed by atoms with Gasteiger partial charge in [0.25, 0.3) is 5.91 Å². The topological polar surface area (TPSA) is 58.6 Å². The van der Waals surface area contributed by atoms with Crippen LogP contribution in [0, 0.1) is 13.8 Å². The largest absolute Gasteiger partial charge is 0.483 e. The number of nitrogens with zero attached hydrogens (tertiary/aromatic N) is 1. The molecule has 2 atom stereocenters. The standard InChI is InChI=1S/C25H34N2O3/c1-6-20(5)26-25(29)22(7-2)27(16-21-11-9-8-10-12-21)24(28)17-30-23-15-18(3)13-14-19(23)4/h8-15,20,22H,6-7,16-17H2,1-5H3,(H,26,29)/t20-,22-/m1/s1. The van der Waals surface area contributed by atoms with E-state index in [1.54, 1.807) is 4.90 Å². The maximum Gasteiger partial charge on any atom is 0.261 e. The van der Waals surface area contributed by atoms with Crippen LogP contribution in [0.5, 0.6) is 5.75 Å². The van der Waals surface area contributed by atoms with Crippen molar-refractivity contribution in [1.82, 2.24) is 10.2 Å². The first-order valence-electron chi connectivity index (χ1n) is 10.7. The molecule has 5 nitrogen and oxygen atoms in total. The first-order chi connectivity index (χ1) is 14.3. The van der Waals surface area contributed by atoms with Gasteiger partial charge >= 0.3 is 0 Å². The fourth-order valence-electron chi connectivity index (χ4n) is 3.23. The maximum absolute atomic E-state index is 13.2. The monoisotopic (exact) mass is 410 g/mol. The Morgan fingerprint density at radius 1 is 1.03 bits per heavy atom. The van der Waals surface area contributed by atoms with E-state index >= 15 is 0 Å². The van der Waals surface area contributed by atoms with Crippen molar-refractivity contribution in [2.45, 2.75) is 66.1 Å². The molecule has 0 heterocycles. The molecule has 0 fully saturated rings. The molecule has 0 aromatic heterocycles. The van der Waals surface area contributed by atoms with Crippen LogP contribution in [-0.4, -0.2) is 35.4 Å². The molecule has 5 heteroatoms. The highest BCUT2D eigenvalue weighted by Crippen LogP contribution is 2.20. The van der Waals surface area contributed by atoms with Crippen molar-refractivity contribution in [2.75, 3.05) is 6.61 Å². The highest BCUT2D eigenvalue weighted by atomic mass is 16.5. The number of amides is 2. The second-order valence-corrected chi connectivity index (χ2v) is 7.81. The zero-order valence-electron chi connectivity index (χ0n) is 18.8. The molecule has 0 aliphatic heterocycles. The lowest BCUT2D eigenvalue weighted by Crippen LogP contribution is -2.51. The Labute approximate surface area is 180 Å². The third-order valence-corrected chi connectivity index (χ3v) is 5.28. The molecule has 0 saturated heterocycles. The molecule has 0 aliphatic rings. The summed E-state index contributed by atoms with van der Waals surface area (Å²) in [5.41, 5.74) is 3.03. The summed E-state index contributed by atoms with van der Waals surface area (Å²) in [4.78, 5) is 27.7. The van der Waals surface area contributed by atoms with Gasteiger partial charge in [0.2, 0.25) is 5.91 Å². The molecule has 0 bridgehead atoms. The van der Waals surface area contributed by atoms with Crippen LogP contribution in [0.4, 0.5) is 0 Å². The SMILES string of the molecule is CC[C@@H](C)NC(=O)[C@@H](CC)N(Cc1ccccc1)C(=O)COc1cc(C)ccc1C. The van der Waals surface area contributed by atoms with Crippen LogP contribution in [0.3, 0.4) is 0 Å². The van der Waals surface area contributed by atoms with Gasteiger partial charge in [0.15, 0.2) is 6.61 Å². The molecule has 0 spiro atoms. The van der Waals surface area contributed by atoms with Gasteiger partial charge in [0.05, 0.1) is 0 Å². The number of hydrogen-bond donors (Lipinski definition) is 1. The van der Waals surface area contributed by atoms with Gasteiger partial charge in [-0.3, -0.25) is 9.59 Å². The van der Waals surface area contributed by atoms with E-state index < -0.39 is 6.04 Å². The average Bonchev–Trinajstić information content (AvgIpc) is 2.74. The number of nitrogens with one attached hydrogen (secondary N) is 1. The molecule has 0 aliphatic carbocycles. The summed E-state index contributed by atoms with van der Waals surface area (Å²) < 4.78 is 5.85. The van der Waals surface area contributed by atoms with Crippen LogP contribution in [0.25, 0.3) is 0 Å². The van der Waals surface area contributed by atoms with Crippen LogP contribution in [0.15, 0.2) is 48.5 Å². The molecule has 2 aromatic rings. The van der Waals surface area contributed by atoms with E-state index in [0.29, 0.717) is 18.7 Å². The minimum absolute atomic E-state index is 0.0615. The lowest BCUT2D eigenvalue weighted by molar-refractivity contribution is -0.143. The van der Waals surface area contributed by atoms with E-state index in [1.165, 1.54) is 0 Å². The highest BCUT2D eigenvalue weighted by Gasteiger charge is 2.29. The summed E-state index contributed by atoms with van der Waals surface area (Å²) in [7, 11) is 0. The average molecular weight is 411 g/mol. The minimum atomic E-state index is -0.547. The number of ether oxygens (including phenoxy) is 1. The maximum atomic E-state index is 13.2. The fourth-order valence-corrected chi connectivity index (χ4v) is 3.23. The summed E-state index contributed by atoms with van der Waals surface area (Å²) in [6.45, 7) is 10.1. The first-order valence-corrected chi connectivity index (χ1v) is 10.7. The Kier molecular flexibility index (Phi) is 8.90. The normalized spacial score (nSPS) is 12.7.